The van der Waals surface area contributed by atoms with E-state index in [-0.39, 0.29) is 5.96 Å². The van der Waals surface area contributed by atoms with Gasteiger partial charge < -0.3 is 5.73 Å². The van der Waals surface area contributed by atoms with Gasteiger partial charge in [0.2, 0.25) is 5.96 Å². The Kier molecular flexibility index (Phi) is 3.03. The van der Waals surface area contributed by atoms with Gasteiger partial charge in [-0.25, -0.2) is 10.8 Å². The number of benzene rings is 2. The second-order valence-corrected chi connectivity index (χ2v) is 3.53. The summed E-state index contributed by atoms with van der Waals surface area (Å²) in [5.74, 6) is 5.36. The summed E-state index contributed by atoms with van der Waals surface area (Å²) >= 11 is 0. The van der Waals surface area contributed by atoms with E-state index in [2.05, 4.69) is 34.7 Å². The summed E-state index contributed by atoms with van der Waals surface area (Å²) in [4.78, 5) is 4.08. The Morgan fingerprint density at radius 3 is 2.62 bits per heavy atom. The quantitative estimate of drug-likeness (QED) is 0.303. The Balaban J connectivity index is 2.26. The summed E-state index contributed by atoms with van der Waals surface area (Å²) in [6.45, 7) is 0.529. The first-order valence-electron chi connectivity index (χ1n) is 5.04. The van der Waals surface area contributed by atoms with Crippen LogP contribution in [0.3, 0.4) is 0 Å². The van der Waals surface area contributed by atoms with E-state index in [1.165, 1.54) is 10.8 Å². The van der Waals surface area contributed by atoms with Crippen molar-refractivity contribution in [2.75, 3.05) is 0 Å². The van der Waals surface area contributed by atoms with Gasteiger partial charge in [-0.05, 0) is 22.4 Å². The van der Waals surface area contributed by atoms with E-state index in [4.69, 9.17) is 11.6 Å². The highest BCUT2D eigenvalue weighted by atomic mass is 15.3. The lowest BCUT2D eigenvalue weighted by atomic mass is 10.1. The van der Waals surface area contributed by atoms with Crippen molar-refractivity contribution in [3.05, 3.63) is 48.0 Å². The zero-order valence-electron chi connectivity index (χ0n) is 8.85. The number of aliphatic imine (C=N–C) groups is 1. The molecule has 0 aliphatic rings. The van der Waals surface area contributed by atoms with E-state index < -0.39 is 0 Å². The van der Waals surface area contributed by atoms with Crippen molar-refractivity contribution in [3.8, 4) is 0 Å². The first-order chi connectivity index (χ1) is 7.79. The van der Waals surface area contributed by atoms with Crippen molar-refractivity contribution in [2.45, 2.75) is 6.54 Å². The van der Waals surface area contributed by atoms with Crippen molar-refractivity contribution in [3.63, 3.8) is 0 Å². The maximum absolute atomic E-state index is 5.45. The molecule has 0 saturated heterocycles. The highest BCUT2D eigenvalue weighted by Crippen LogP contribution is 2.15. The number of hydrazine groups is 1. The number of fused-ring (bicyclic) bond motifs is 1. The number of rotatable bonds is 2. The fourth-order valence-electron chi connectivity index (χ4n) is 1.56. The van der Waals surface area contributed by atoms with Crippen LogP contribution in [-0.2, 0) is 6.54 Å². The van der Waals surface area contributed by atoms with Gasteiger partial charge in [-0.3, -0.25) is 5.43 Å². The van der Waals surface area contributed by atoms with E-state index in [0.29, 0.717) is 6.54 Å². The monoisotopic (exact) mass is 214 g/mol. The largest absolute Gasteiger partial charge is 0.369 e. The molecule has 0 heterocycles. The summed E-state index contributed by atoms with van der Waals surface area (Å²) in [6.07, 6.45) is 0. The number of hydrogen-bond donors (Lipinski definition) is 3. The van der Waals surface area contributed by atoms with Crippen LogP contribution < -0.4 is 17.0 Å². The van der Waals surface area contributed by atoms with E-state index in [1.54, 1.807) is 0 Å². The van der Waals surface area contributed by atoms with Gasteiger partial charge in [0.15, 0.2) is 0 Å². The molecule has 5 N–H and O–H groups in total. The van der Waals surface area contributed by atoms with Crippen LogP contribution in [0.1, 0.15) is 5.56 Å². The SMILES string of the molecule is NNC(N)=NCc1ccc2ccccc2c1. The van der Waals surface area contributed by atoms with E-state index >= 15 is 0 Å². The average molecular weight is 214 g/mol. The van der Waals surface area contributed by atoms with Gasteiger partial charge in [0.25, 0.3) is 0 Å². The summed E-state index contributed by atoms with van der Waals surface area (Å²) in [5.41, 5.74) is 8.86. The second-order valence-electron chi connectivity index (χ2n) is 3.53. The molecule has 2 aromatic rings. The molecule has 0 aliphatic carbocycles. The molecule has 0 aromatic heterocycles. The molecule has 82 valence electrons. The maximum Gasteiger partial charge on any atom is 0.203 e. The summed E-state index contributed by atoms with van der Waals surface area (Å²) in [6, 6.07) is 14.4. The summed E-state index contributed by atoms with van der Waals surface area (Å²) in [7, 11) is 0. The van der Waals surface area contributed by atoms with Gasteiger partial charge in [0, 0.05) is 0 Å². The van der Waals surface area contributed by atoms with Crippen LogP contribution in [-0.4, -0.2) is 5.96 Å². The van der Waals surface area contributed by atoms with Gasteiger partial charge in [0.1, 0.15) is 0 Å². The molecule has 0 aliphatic heterocycles. The Labute approximate surface area is 93.9 Å². The molecule has 0 amide bonds. The lowest BCUT2D eigenvalue weighted by Crippen LogP contribution is -2.37. The Bertz CT molecular complexity index is 519. The molecule has 16 heavy (non-hydrogen) atoms. The van der Waals surface area contributed by atoms with Crippen LogP contribution in [0, 0.1) is 0 Å². The Hall–Kier alpha value is -2.07. The van der Waals surface area contributed by atoms with Gasteiger partial charge in [-0.1, -0.05) is 36.4 Å². The highest BCUT2D eigenvalue weighted by Gasteiger charge is 1.95. The number of nitrogens with two attached hydrogens (primary N) is 2. The fourth-order valence-corrected chi connectivity index (χ4v) is 1.56. The lowest BCUT2D eigenvalue weighted by molar-refractivity contribution is 0.959. The third-order valence-electron chi connectivity index (χ3n) is 2.39. The molecule has 2 rings (SSSR count). The van der Waals surface area contributed by atoms with Crippen LogP contribution in [0.25, 0.3) is 10.8 Å². The molecular formula is C12H14N4. The van der Waals surface area contributed by atoms with Crippen LogP contribution >= 0.6 is 0 Å². The summed E-state index contributed by atoms with van der Waals surface area (Å²) < 4.78 is 0. The highest BCUT2D eigenvalue weighted by molar-refractivity contribution is 5.83. The first-order valence-corrected chi connectivity index (χ1v) is 5.04. The van der Waals surface area contributed by atoms with Crippen LogP contribution in [0.15, 0.2) is 47.5 Å². The molecule has 0 spiro atoms. The molecule has 0 unspecified atom stereocenters. The first kappa shape index (κ1) is 10.4. The fraction of sp³-hybridized carbons (Fsp3) is 0.0833. The van der Waals surface area contributed by atoms with E-state index in [9.17, 15) is 0 Å². The van der Waals surface area contributed by atoms with Gasteiger partial charge in [0.05, 0.1) is 6.54 Å². The van der Waals surface area contributed by atoms with Gasteiger partial charge in [-0.2, -0.15) is 0 Å². The Morgan fingerprint density at radius 2 is 1.88 bits per heavy atom. The normalized spacial score (nSPS) is 11.7. The van der Waals surface area contributed by atoms with Crippen molar-refractivity contribution < 1.29 is 0 Å². The molecule has 0 radical (unpaired) electrons. The van der Waals surface area contributed by atoms with Gasteiger partial charge >= 0.3 is 0 Å². The van der Waals surface area contributed by atoms with Crippen LogP contribution in [0.4, 0.5) is 0 Å². The number of nitrogens with one attached hydrogen (secondary N) is 1. The van der Waals surface area contributed by atoms with Crippen molar-refractivity contribution in [2.24, 2.45) is 16.6 Å². The zero-order chi connectivity index (χ0) is 11.4. The van der Waals surface area contributed by atoms with Crippen molar-refractivity contribution in [1.29, 1.82) is 0 Å². The predicted octanol–water partition coefficient (Wildman–Crippen LogP) is 1.12. The number of nitrogens with zero attached hydrogens (tertiary/aromatic N) is 1. The predicted molar refractivity (Wildman–Crippen MR) is 66.6 cm³/mol. The van der Waals surface area contributed by atoms with Crippen LogP contribution in [0.5, 0.6) is 0 Å². The van der Waals surface area contributed by atoms with Crippen LogP contribution in [0.2, 0.25) is 0 Å². The molecule has 4 heteroatoms. The summed E-state index contributed by atoms with van der Waals surface area (Å²) in [5, 5.41) is 2.43. The van der Waals surface area contributed by atoms with E-state index in [0.717, 1.165) is 5.56 Å². The number of hydrogen-bond acceptors (Lipinski definition) is 2. The lowest BCUT2D eigenvalue weighted by Gasteiger charge is -2.02. The third kappa shape index (κ3) is 2.29. The molecule has 0 fully saturated rings. The maximum atomic E-state index is 5.45. The van der Waals surface area contributed by atoms with E-state index in [1.807, 2.05) is 18.2 Å². The zero-order valence-corrected chi connectivity index (χ0v) is 8.85. The smallest absolute Gasteiger partial charge is 0.203 e. The molecule has 4 nitrogen and oxygen atoms in total. The molecule has 0 saturated carbocycles. The molecular weight excluding hydrogens is 200 g/mol. The Morgan fingerprint density at radius 1 is 1.12 bits per heavy atom. The minimum Gasteiger partial charge on any atom is -0.369 e. The second kappa shape index (κ2) is 4.63. The minimum atomic E-state index is 0.244. The third-order valence-corrected chi connectivity index (χ3v) is 2.39. The standard InChI is InChI=1S/C12H14N4/c13-12(16-14)15-8-9-5-6-10-3-1-2-4-11(10)7-9/h1-7H,8,14H2,(H3,13,15,16). The average Bonchev–Trinajstić information content (AvgIpc) is 2.35. The molecule has 0 atom stereocenters. The molecule has 0 bridgehead atoms. The van der Waals surface area contributed by atoms with Crippen molar-refractivity contribution >= 4 is 16.7 Å². The minimum absolute atomic E-state index is 0.244. The molecule has 2 aromatic carbocycles. The van der Waals surface area contributed by atoms with Gasteiger partial charge in [-0.15, -0.1) is 0 Å². The van der Waals surface area contributed by atoms with Crippen molar-refractivity contribution in [1.82, 2.24) is 5.43 Å². The number of guanidine groups is 1. The topological polar surface area (TPSA) is 76.4 Å².